The van der Waals surface area contributed by atoms with E-state index < -0.39 is 11.9 Å². The molecule has 0 radical (unpaired) electrons. The number of aryl methyl sites for hydroxylation is 1. The zero-order valence-electron chi connectivity index (χ0n) is 20.4. The fraction of sp³-hybridized carbons (Fsp3) is 0.444. The van der Waals surface area contributed by atoms with Crippen LogP contribution in [0.5, 0.6) is 0 Å². The summed E-state index contributed by atoms with van der Waals surface area (Å²) in [6.45, 7) is 4.90. The van der Waals surface area contributed by atoms with E-state index in [0.29, 0.717) is 33.1 Å². The molecule has 2 fully saturated rings. The first-order chi connectivity index (χ1) is 17.4. The molecule has 0 bridgehead atoms. The number of hydrogen-bond acceptors (Lipinski definition) is 7. The fourth-order valence-corrected chi connectivity index (χ4v) is 6.02. The van der Waals surface area contributed by atoms with Crippen molar-refractivity contribution in [3.63, 3.8) is 0 Å². The van der Waals surface area contributed by atoms with E-state index in [2.05, 4.69) is 25.9 Å². The zero-order chi connectivity index (χ0) is 24.9. The summed E-state index contributed by atoms with van der Waals surface area (Å²) < 4.78 is 21.0. The number of ether oxygens (including phenoxy) is 1. The van der Waals surface area contributed by atoms with E-state index in [1.165, 1.54) is 6.20 Å². The van der Waals surface area contributed by atoms with Crippen molar-refractivity contribution in [3.8, 4) is 11.1 Å². The Hall–Kier alpha value is -3.46. The van der Waals surface area contributed by atoms with Gasteiger partial charge in [0.15, 0.2) is 5.82 Å². The molecule has 1 saturated heterocycles. The molecule has 3 aliphatic rings. The van der Waals surface area contributed by atoms with Crippen LogP contribution in [0.2, 0.25) is 0 Å². The number of halogens is 1. The number of rotatable bonds is 3. The maximum atomic E-state index is 15.4. The number of nitrogen functional groups attached to an aromatic ring is 1. The first-order valence-corrected chi connectivity index (χ1v) is 12.7. The van der Waals surface area contributed by atoms with Gasteiger partial charge in [0, 0.05) is 35.5 Å². The van der Waals surface area contributed by atoms with E-state index in [-0.39, 0.29) is 11.8 Å². The maximum absolute atomic E-state index is 15.4. The largest absolute Gasteiger partial charge is 0.446 e. The monoisotopic (exact) mass is 490 g/mol. The predicted molar refractivity (Wildman–Crippen MR) is 139 cm³/mol. The summed E-state index contributed by atoms with van der Waals surface area (Å²) in [6, 6.07) is 3.44. The lowest BCUT2D eigenvalue weighted by Crippen LogP contribution is -2.49. The van der Waals surface area contributed by atoms with Crippen molar-refractivity contribution in [2.75, 3.05) is 36.0 Å². The highest BCUT2D eigenvalue weighted by Gasteiger charge is 2.46. The molecule has 5 N–H and O–H groups in total. The van der Waals surface area contributed by atoms with Crippen LogP contribution in [-0.2, 0) is 11.2 Å². The van der Waals surface area contributed by atoms with Crippen molar-refractivity contribution < 1.29 is 13.9 Å². The number of fused-ring (bicyclic) bond motifs is 2. The summed E-state index contributed by atoms with van der Waals surface area (Å²) in [5.74, 6) is -0.163. The van der Waals surface area contributed by atoms with Gasteiger partial charge in [-0.05, 0) is 87.0 Å². The molecule has 1 saturated carbocycles. The van der Waals surface area contributed by atoms with Gasteiger partial charge in [-0.1, -0.05) is 0 Å². The second kappa shape index (κ2) is 8.89. The van der Waals surface area contributed by atoms with Crippen molar-refractivity contribution in [3.05, 3.63) is 41.6 Å². The van der Waals surface area contributed by atoms with Gasteiger partial charge in [0.2, 0.25) is 0 Å². The number of pyridine rings is 2. The van der Waals surface area contributed by atoms with E-state index in [9.17, 15) is 4.79 Å². The standard InChI is InChI=1S/C27H31FN6O2/c1-15-19(13-32-21-3-2-6-31-25(15)21)18-9-16-10-22(33-14-20(16)24(29)23(18)28)34-26(35)36-17-11-27(12-17)4-7-30-8-5-27/h9-10,13-14,17,30-31H,2-8,11-12,29H2,1H3,(H,33,34,35). The molecule has 1 spiro atoms. The third kappa shape index (κ3) is 4.01. The molecule has 3 aromatic rings. The molecule has 6 rings (SSSR count). The predicted octanol–water partition coefficient (Wildman–Crippen LogP) is 4.77. The summed E-state index contributed by atoms with van der Waals surface area (Å²) in [5.41, 5.74) is 10.5. The van der Waals surface area contributed by atoms with E-state index >= 15 is 4.39 Å². The van der Waals surface area contributed by atoms with Gasteiger partial charge < -0.3 is 21.1 Å². The number of nitrogens with two attached hydrogens (primary N) is 1. The van der Waals surface area contributed by atoms with Crippen LogP contribution in [0.25, 0.3) is 21.9 Å². The number of carbonyl (C=O) groups is 1. The number of benzene rings is 1. The molecular formula is C27H31FN6O2. The molecule has 4 heterocycles. The number of nitrogens with one attached hydrogen (secondary N) is 3. The average molecular weight is 491 g/mol. The molecule has 2 aromatic heterocycles. The SMILES string of the molecule is Cc1c(-c2cc3cc(NC(=O)OC4CC5(CCNCC5)C4)ncc3c(N)c2F)cnc2c1NCCC2. The van der Waals surface area contributed by atoms with Gasteiger partial charge in [0.25, 0.3) is 0 Å². The Kier molecular flexibility index (Phi) is 5.67. The highest BCUT2D eigenvalue weighted by atomic mass is 19.1. The number of anilines is 3. The van der Waals surface area contributed by atoms with Gasteiger partial charge in [0.1, 0.15) is 11.9 Å². The van der Waals surface area contributed by atoms with Crippen LogP contribution in [0.1, 0.15) is 43.4 Å². The van der Waals surface area contributed by atoms with E-state index in [4.69, 9.17) is 10.5 Å². The van der Waals surface area contributed by atoms with Gasteiger partial charge >= 0.3 is 6.09 Å². The second-order valence-electron chi connectivity index (χ2n) is 10.4. The Balaban J connectivity index is 1.23. The number of carbonyl (C=O) groups excluding carboxylic acids is 1. The zero-order valence-corrected chi connectivity index (χ0v) is 20.4. The fourth-order valence-electron chi connectivity index (χ4n) is 6.02. The quantitative estimate of drug-likeness (QED) is 0.391. The summed E-state index contributed by atoms with van der Waals surface area (Å²) >= 11 is 0. The molecule has 2 aliphatic heterocycles. The molecule has 9 heteroatoms. The van der Waals surface area contributed by atoms with Crippen LogP contribution in [-0.4, -0.2) is 41.8 Å². The second-order valence-corrected chi connectivity index (χ2v) is 10.4. The molecule has 1 aliphatic carbocycles. The van der Waals surface area contributed by atoms with Gasteiger partial charge in [0.05, 0.1) is 17.1 Å². The van der Waals surface area contributed by atoms with E-state index in [0.717, 1.165) is 75.1 Å². The van der Waals surface area contributed by atoms with Gasteiger partial charge in [-0.3, -0.25) is 10.3 Å². The molecule has 0 unspecified atom stereocenters. The van der Waals surface area contributed by atoms with Gasteiger partial charge in [-0.2, -0.15) is 0 Å². The van der Waals surface area contributed by atoms with Crippen LogP contribution in [0, 0.1) is 18.2 Å². The number of aromatic nitrogens is 2. The van der Waals surface area contributed by atoms with Gasteiger partial charge in [-0.15, -0.1) is 0 Å². The summed E-state index contributed by atoms with van der Waals surface area (Å²) in [6.07, 6.45) is 8.65. The van der Waals surface area contributed by atoms with Gasteiger partial charge in [-0.25, -0.2) is 14.2 Å². The van der Waals surface area contributed by atoms with Crippen molar-refractivity contribution in [1.29, 1.82) is 0 Å². The van der Waals surface area contributed by atoms with Crippen LogP contribution < -0.4 is 21.7 Å². The minimum atomic E-state index is -0.522. The van der Waals surface area contributed by atoms with E-state index in [1.807, 2.05) is 6.92 Å². The Morgan fingerprint density at radius 3 is 2.78 bits per heavy atom. The van der Waals surface area contributed by atoms with Crippen LogP contribution in [0.4, 0.5) is 26.4 Å². The highest BCUT2D eigenvalue weighted by Crippen LogP contribution is 2.49. The molecular weight excluding hydrogens is 459 g/mol. The molecule has 188 valence electrons. The smallest absolute Gasteiger partial charge is 0.413 e. The lowest BCUT2D eigenvalue weighted by atomic mass is 9.62. The maximum Gasteiger partial charge on any atom is 0.413 e. The van der Waals surface area contributed by atoms with E-state index in [1.54, 1.807) is 18.3 Å². The highest BCUT2D eigenvalue weighted by molar-refractivity contribution is 5.99. The Labute approximate surface area is 209 Å². The Bertz CT molecular complexity index is 1350. The average Bonchev–Trinajstić information content (AvgIpc) is 2.86. The van der Waals surface area contributed by atoms with Crippen molar-refractivity contribution in [1.82, 2.24) is 15.3 Å². The topological polar surface area (TPSA) is 114 Å². The minimum Gasteiger partial charge on any atom is -0.446 e. The number of piperidine rings is 1. The van der Waals surface area contributed by atoms with Crippen LogP contribution >= 0.6 is 0 Å². The van der Waals surface area contributed by atoms with Crippen LogP contribution in [0.15, 0.2) is 24.5 Å². The molecule has 1 aromatic carbocycles. The van der Waals surface area contributed by atoms with Crippen molar-refractivity contribution in [2.24, 2.45) is 5.41 Å². The summed E-state index contributed by atoms with van der Waals surface area (Å²) in [4.78, 5) is 21.4. The summed E-state index contributed by atoms with van der Waals surface area (Å²) in [7, 11) is 0. The molecule has 0 atom stereocenters. The minimum absolute atomic E-state index is 0.0240. The Morgan fingerprint density at radius 1 is 1.17 bits per heavy atom. The third-order valence-electron chi connectivity index (χ3n) is 8.09. The number of hydrogen-bond donors (Lipinski definition) is 4. The summed E-state index contributed by atoms with van der Waals surface area (Å²) in [5, 5.41) is 10.7. The van der Waals surface area contributed by atoms with Crippen LogP contribution in [0.3, 0.4) is 0 Å². The Morgan fingerprint density at radius 2 is 1.97 bits per heavy atom. The molecule has 8 nitrogen and oxygen atoms in total. The van der Waals surface area contributed by atoms with Crippen molar-refractivity contribution in [2.45, 2.75) is 51.6 Å². The lowest BCUT2D eigenvalue weighted by Gasteiger charge is -2.49. The lowest BCUT2D eigenvalue weighted by molar-refractivity contribution is -0.0539. The first-order valence-electron chi connectivity index (χ1n) is 12.7. The molecule has 1 amide bonds. The van der Waals surface area contributed by atoms with Crippen molar-refractivity contribution >= 4 is 34.1 Å². The normalized spacial score (nSPS) is 18.8. The number of nitrogens with zero attached hydrogens (tertiary/aromatic N) is 2. The molecule has 36 heavy (non-hydrogen) atoms. The number of amides is 1. The third-order valence-corrected chi connectivity index (χ3v) is 8.09. The first kappa shape index (κ1) is 23.0.